The van der Waals surface area contributed by atoms with Crippen LogP contribution in [0.15, 0.2) is 0 Å². The summed E-state index contributed by atoms with van der Waals surface area (Å²) in [5.74, 6) is 0. The minimum absolute atomic E-state index is 0.134. The van der Waals surface area contributed by atoms with E-state index in [1.807, 2.05) is 0 Å². The van der Waals surface area contributed by atoms with Gasteiger partial charge in [-0.1, -0.05) is 0 Å². The average Bonchev–Trinajstić information content (AvgIpc) is 2.47. The van der Waals surface area contributed by atoms with Crippen molar-refractivity contribution in [2.75, 3.05) is 13.1 Å². The SMILES string of the molecule is O=C(O)NCCC1CC(S)(C(F)(F)F)CN1. The predicted molar refractivity (Wildman–Crippen MR) is 54.8 cm³/mol. The van der Waals surface area contributed by atoms with Crippen molar-refractivity contribution < 1.29 is 23.1 Å². The minimum Gasteiger partial charge on any atom is -0.465 e. The molecule has 1 saturated heterocycles. The second-order valence-electron chi connectivity index (χ2n) is 3.83. The maximum atomic E-state index is 12.5. The summed E-state index contributed by atoms with van der Waals surface area (Å²) in [6, 6.07) is -0.356. The van der Waals surface area contributed by atoms with Gasteiger partial charge in [0.15, 0.2) is 0 Å². The van der Waals surface area contributed by atoms with Gasteiger partial charge in [0, 0.05) is 19.1 Å². The first kappa shape index (κ1) is 13.4. The fraction of sp³-hybridized carbons (Fsp3) is 0.875. The Morgan fingerprint density at radius 2 is 2.25 bits per heavy atom. The number of hydrogen-bond acceptors (Lipinski definition) is 3. The molecule has 0 bridgehead atoms. The van der Waals surface area contributed by atoms with Gasteiger partial charge in [0.05, 0.1) is 0 Å². The maximum absolute atomic E-state index is 12.5. The lowest BCUT2D eigenvalue weighted by molar-refractivity contribution is -0.154. The standard InChI is InChI=1S/C8H13F3N2O2S/c9-8(10,11)7(16)3-5(13-4-7)1-2-12-6(14)15/h5,12-13,16H,1-4H2,(H,14,15). The molecule has 1 aliphatic rings. The van der Waals surface area contributed by atoms with Gasteiger partial charge < -0.3 is 15.7 Å². The highest BCUT2D eigenvalue weighted by Gasteiger charge is 2.55. The Labute approximate surface area is 96.0 Å². The molecule has 0 radical (unpaired) electrons. The average molecular weight is 258 g/mol. The molecular formula is C8H13F3N2O2S. The van der Waals surface area contributed by atoms with E-state index in [-0.39, 0.29) is 25.6 Å². The number of carbonyl (C=O) groups is 1. The Morgan fingerprint density at radius 3 is 2.69 bits per heavy atom. The molecule has 1 fully saturated rings. The van der Waals surface area contributed by atoms with Crippen LogP contribution in [0.2, 0.25) is 0 Å². The van der Waals surface area contributed by atoms with Gasteiger partial charge in [-0.05, 0) is 12.8 Å². The summed E-state index contributed by atoms with van der Waals surface area (Å²) in [6.07, 6.45) is -5.34. The lowest BCUT2D eigenvalue weighted by atomic mass is 10.0. The van der Waals surface area contributed by atoms with Crippen molar-refractivity contribution in [1.82, 2.24) is 10.6 Å². The van der Waals surface area contributed by atoms with Crippen LogP contribution in [0.3, 0.4) is 0 Å². The zero-order chi connectivity index (χ0) is 12.4. The first-order chi connectivity index (χ1) is 7.24. The number of nitrogens with one attached hydrogen (secondary N) is 2. The normalized spacial score (nSPS) is 30.4. The zero-order valence-corrected chi connectivity index (χ0v) is 9.24. The van der Waals surface area contributed by atoms with Gasteiger partial charge in [0.25, 0.3) is 0 Å². The Bertz CT molecular complexity index is 274. The van der Waals surface area contributed by atoms with Crippen LogP contribution in [-0.4, -0.2) is 41.3 Å². The molecule has 8 heteroatoms. The van der Waals surface area contributed by atoms with Crippen LogP contribution in [0.4, 0.5) is 18.0 Å². The number of hydrogen-bond donors (Lipinski definition) is 4. The van der Waals surface area contributed by atoms with Crippen molar-refractivity contribution in [2.45, 2.75) is 29.8 Å². The van der Waals surface area contributed by atoms with E-state index in [1.165, 1.54) is 0 Å². The second kappa shape index (κ2) is 4.70. The number of rotatable bonds is 3. The van der Waals surface area contributed by atoms with Crippen LogP contribution < -0.4 is 10.6 Å². The molecule has 2 unspecified atom stereocenters. The Morgan fingerprint density at radius 1 is 1.62 bits per heavy atom. The number of alkyl halides is 3. The summed E-state index contributed by atoms with van der Waals surface area (Å²) in [5.41, 5.74) is 0. The fourth-order valence-corrected chi connectivity index (χ4v) is 1.95. The lowest BCUT2D eigenvalue weighted by Gasteiger charge is -2.25. The van der Waals surface area contributed by atoms with Crippen molar-refractivity contribution in [3.63, 3.8) is 0 Å². The van der Waals surface area contributed by atoms with Crippen LogP contribution in [0, 0.1) is 0 Å². The quantitative estimate of drug-likeness (QED) is 0.576. The van der Waals surface area contributed by atoms with Crippen molar-refractivity contribution in [1.29, 1.82) is 0 Å². The number of thiol groups is 1. The summed E-state index contributed by atoms with van der Waals surface area (Å²) >= 11 is 3.66. The molecule has 0 aromatic rings. The summed E-state index contributed by atoms with van der Waals surface area (Å²) in [7, 11) is 0. The van der Waals surface area contributed by atoms with Gasteiger partial charge in [0.2, 0.25) is 0 Å². The number of amides is 1. The van der Waals surface area contributed by atoms with E-state index < -0.39 is 17.0 Å². The molecule has 1 aliphatic heterocycles. The van der Waals surface area contributed by atoms with Crippen LogP contribution in [0.5, 0.6) is 0 Å². The monoisotopic (exact) mass is 258 g/mol. The molecule has 4 nitrogen and oxygen atoms in total. The van der Waals surface area contributed by atoms with E-state index in [1.54, 1.807) is 0 Å². The van der Waals surface area contributed by atoms with Crippen LogP contribution >= 0.6 is 12.6 Å². The predicted octanol–water partition coefficient (Wildman–Crippen LogP) is 1.24. The topological polar surface area (TPSA) is 61.4 Å². The number of carboxylic acid groups (broad SMARTS) is 1. The van der Waals surface area contributed by atoms with Gasteiger partial charge in [-0.3, -0.25) is 0 Å². The van der Waals surface area contributed by atoms with Crippen LogP contribution in [-0.2, 0) is 0 Å². The summed E-state index contributed by atoms with van der Waals surface area (Å²) in [6.45, 7) is -0.105. The third kappa shape index (κ3) is 3.18. The van der Waals surface area contributed by atoms with E-state index in [4.69, 9.17) is 5.11 Å². The largest absolute Gasteiger partial charge is 0.465 e. The van der Waals surface area contributed by atoms with Crippen LogP contribution in [0.1, 0.15) is 12.8 Å². The second-order valence-corrected chi connectivity index (χ2v) is 4.69. The van der Waals surface area contributed by atoms with Gasteiger partial charge >= 0.3 is 12.3 Å². The molecule has 16 heavy (non-hydrogen) atoms. The molecular weight excluding hydrogens is 245 g/mol. The van der Waals surface area contributed by atoms with Crippen LogP contribution in [0.25, 0.3) is 0 Å². The highest BCUT2D eigenvalue weighted by atomic mass is 32.1. The molecule has 0 aromatic carbocycles. The van der Waals surface area contributed by atoms with Crippen molar-refractivity contribution in [2.24, 2.45) is 0 Å². The Balaban J connectivity index is 2.38. The van der Waals surface area contributed by atoms with E-state index in [9.17, 15) is 18.0 Å². The maximum Gasteiger partial charge on any atom is 0.404 e. The third-order valence-corrected chi connectivity index (χ3v) is 3.16. The zero-order valence-electron chi connectivity index (χ0n) is 8.34. The molecule has 1 amide bonds. The van der Waals surface area contributed by atoms with Crippen molar-refractivity contribution >= 4 is 18.7 Å². The smallest absolute Gasteiger partial charge is 0.404 e. The molecule has 1 heterocycles. The minimum atomic E-state index is -4.35. The highest BCUT2D eigenvalue weighted by Crippen LogP contribution is 2.42. The number of halogens is 3. The lowest BCUT2D eigenvalue weighted by Crippen LogP contribution is -2.41. The van der Waals surface area contributed by atoms with Gasteiger partial charge in [-0.2, -0.15) is 25.8 Å². The van der Waals surface area contributed by atoms with Gasteiger partial charge in [-0.15, -0.1) is 0 Å². The Kier molecular flexibility index (Phi) is 3.95. The summed E-state index contributed by atoms with van der Waals surface area (Å²) in [4.78, 5) is 10.1. The van der Waals surface area contributed by atoms with E-state index in [0.717, 1.165) is 0 Å². The molecule has 2 atom stereocenters. The van der Waals surface area contributed by atoms with E-state index in [2.05, 4.69) is 23.3 Å². The van der Waals surface area contributed by atoms with Crippen molar-refractivity contribution in [3.8, 4) is 0 Å². The summed E-state index contributed by atoms with van der Waals surface area (Å²) in [5, 5.41) is 13.1. The molecule has 0 aliphatic carbocycles. The van der Waals surface area contributed by atoms with Crippen molar-refractivity contribution in [3.05, 3.63) is 0 Å². The fourth-order valence-electron chi connectivity index (χ4n) is 1.64. The molecule has 94 valence electrons. The van der Waals surface area contributed by atoms with Gasteiger partial charge in [0.1, 0.15) is 4.75 Å². The first-order valence-corrected chi connectivity index (χ1v) is 5.18. The molecule has 1 rings (SSSR count). The Hall–Kier alpha value is -0.630. The van der Waals surface area contributed by atoms with Gasteiger partial charge in [-0.25, -0.2) is 4.79 Å². The third-order valence-electron chi connectivity index (χ3n) is 2.56. The first-order valence-electron chi connectivity index (χ1n) is 4.74. The highest BCUT2D eigenvalue weighted by molar-refractivity contribution is 7.82. The molecule has 0 aromatic heterocycles. The van der Waals surface area contributed by atoms with E-state index >= 15 is 0 Å². The summed E-state index contributed by atoms with van der Waals surface area (Å²) < 4.78 is 35.6. The molecule has 3 N–H and O–H groups in total. The van der Waals surface area contributed by atoms with E-state index in [0.29, 0.717) is 6.42 Å². The molecule has 0 spiro atoms. The molecule has 0 saturated carbocycles.